The lowest BCUT2D eigenvalue weighted by molar-refractivity contribution is -0.126. The predicted octanol–water partition coefficient (Wildman–Crippen LogP) is 0.160. The van der Waals surface area contributed by atoms with E-state index in [1.807, 2.05) is 6.92 Å². The lowest BCUT2D eigenvalue weighted by Gasteiger charge is -2.15. The van der Waals surface area contributed by atoms with E-state index in [9.17, 15) is 9.59 Å². The van der Waals surface area contributed by atoms with Crippen molar-refractivity contribution in [2.24, 2.45) is 0 Å². The Balaban J connectivity index is 1.81. The number of rotatable bonds is 2. The molecule has 0 atom stereocenters. The molecule has 2 aliphatic rings. The van der Waals surface area contributed by atoms with Gasteiger partial charge in [0.05, 0.1) is 6.67 Å². The largest absolute Gasteiger partial charge is 0.324 e. The molecule has 18 heavy (non-hydrogen) atoms. The maximum absolute atomic E-state index is 12.3. The third-order valence-electron chi connectivity index (χ3n) is 3.70. The number of hydrogen-bond acceptors (Lipinski definition) is 3. The fourth-order valence-corrected chi connectivity index (χ4v) is 2.66. The van der Waals surface area contributed by atoms with Crippen LogP contribution in [0.2, 0.25) is 0 Å². The number of hydrogen-bond donors (Lipinski definition) is 1. The monoisotopic (exact) mass is 248 g/mol. The van der Waals surface area contributed by atoms with Crippen molar-refractivity contribution in [1.29, 1.82) is 0 Å². The Kier molecular flexibility index (Phi) is 2.57. The Bertz CT molecular complexity index is 508. The van der Waals surface area contributed by atoms with Crippen molar-refractivity contribution in [2.45, 2.75) is 26.2 Å². The number of amides is 2. The van der Waals surface area contributed by atoms with Crippen molar-refractivity contribution in [3.8, 4) is 0 Å². The average molecular weight is 248 g/mol. The zero-order chi connectivity index (χ0) is 12.7. The molecule has 1 aromatic heterocycles. The molecule has 2 heterocycles. The fraction of sp³-hybridized carbons (Fsp3) is 0.583. The van der Waals surface area contributed by atoms with Crippen LogP contribution in [0.1, 0.15) is 35.1 Å². The van der Waals surface area contributed by atoms with Crippen molar-refractivity contribution < 1.29 is 9.59 Å². The van der Waals surface area contributed by atoms with Gasteiger partial charge in [-0.15, -0.1) is 0 Å². The predicted molar refractivity (Wildman–Crippen MR) is 63.9 cm³/mol. The molecule has 96 valence electrons. The summed E-state index contributed by atoms with van der Waals surface area (Å²) in [5.41, 5.74) is 2.63. The number of likely N-dealkylation sites (N-methyl/N-ethyl adjacent to an activating group) is 1. The quantitative estimate of drug-likeness (QED) is 0.810. The first kappa shape index (κ1) is 11.3. The molecule has 6 heteroatoms. The van der Waals surface area contributed by atoms with Crippen LogP contribution in [0.4, 0.5) is 0 Å². The van der Waals surface area contributed by atoms with Crippen LogP contribution in [0.3, 0.4) is 0 Å². The summed E-state index contributed by atoms with van der Waals surface area (Å²) in [6, 6.07) is 0. The van der Waals surface area contributed by atoms with Crippen LogP contribution in [0.25, 0.3) is 0 Å². The van der Waals surface area contributed by atoms with Gasteiger partial charge in [-0.25, -0.2) is 0 Å². The zero-order valence-corrected chi connectivity index (χ0v) is 10.4. The summed E-state index contributed by atoms with van der Waals surface area (Å²) in [6.07, 6.45) is 2.95. The summed E-state index contributed by atoms with van der Waals surface area (Å²) in [4.78, 5) is 27.2. The molecule has 0 spiro atoms. The number of aromatic nitrogens is 2. The number of carbonyl (C=O) groups is 2. The van der Waals surface area contributed by atoms with Gasteiger partial charge in [-0.2, -0.15) is 5.10 Å². The van der Waals surface area contributed by atoms with Gasteiger partial charge in [0.1, 0.15) is 6.54 Å². The van der Waals surface area contributed by atoms with Crippen LogP contribution in [0.15, 0.2) is 0 Å². The Hall–Kier alpha value is -1.85. The SMILES string of the molecule is CCN1CN(C(=O)c2n[nH]c3c2CCC3)CC1=O. The minimum absolute atomic E-state index is 0.0121. The highest BCUT2D eigenvalue weighted by molar-refractivity contribution is 5.97. The molecule has 3 rings (SSSR count). The van der Waals surface area contributed by atoms with Crippen molar-refractivity contribution in [2.75, 3.05) is 19.8 Å². The van der Waals surface area contributed by atoms with Crippen LogP contribution in [0.5, 0.6) is 0 Å². The van der Waals surface area contributed by atoms with Crippen LogP contribution in [-0.4, -0.2) is 51.6 Å². The molecule has 0 unspecified atom stereocenters. The molecule has 0 saturated carbocycles. The first-order valence-corrected chi connectivity index (χ1v) is 6.34. The normalized spacial score (nSPS) is 18.6. The van der Waals surface area contributed by atoms with Gasteiger partial charge in [0, 0.05) is 17.8 Å². The first-order valence-electron chi connectivity index (χ1n) is 6.34. The van der Waals surface area contributed by atoms with E-state index in [-0.39, 0.29) is 18.4 Å². The third-order valence-corrected chi connectivity index (χ3v) is 3.70. The summed E-state index contributed by atoms with van der Waals surface area (Å²) in [7, 11) is 0. The van der Waals surface area contributed by atoms with E-state index in [4.69, 9.17) is 0 Å². The number of nitrogens with one attached hydrogen (secondary N) is 1. The lowest BCUT2D eigenvalue weighted by Crippen LogP contribution is -2.31. The van der Waals surface area contributed by atoms with Gasteiger partial charge in [-0.1, -0.05) is 0 Å². The van der Waals surface area contributed by atoms with Gasteiger partial charge in [-0.3, -0.25) is 14.7 Å². The summed E-state index contributed by atoms with van der Waals surface area (Å²) >= 11 is 0. The summed E-state index contributed by atoms with van der Waals surface area (Å²) in [6.45, 7) is 3.11. The van der Waals surface area contributed by atoms with E-state index >= 15 is 0 Å². The van der Waals surface area contributed by atoms with E-state index in [2.05, 4.69) is 10.2 Å². The van der Waals surface area contributed by atoms with E-state index in [0.717, 1.165) is 30.5 Å². The Morgan fingerprint density at radius 3 is 3.00 bits per heavy atom. The van der Waals surface area contributed by atoms with Crippen LogP contribution >= 0.6 is 0 Å². The van der Waals surface area contributed by atoms with E-state index < -0.39 is 0 Å². The molecule has 1 aromatic rings. The van der Waals surface area contributed by atoms with Crippen molar-refractivity contribution in [1.82, 2.24) is 20.0 Å². The molecule has 1 aliphatic carbocycles. The maximum Gasteiger partial charge on any atom is 0.276 e. The first-order chi connectivity index (χ1) is 8.70. The molecule has 1 fully saturated rings. The Morgan fingerprint density at radius 1 is 1.44 bits per heavy atom. The van der Waals surface area contributed by atoms with E-state index in [1.165, 1.54) is 0 Å². The van der Waals surface area contributed by atoms with Crippen molar-refractivity contribution in [3.63, 3.8) is 0 Å². The third kappa shape index (κ3) is 1.60. The highest BCUT2D eigenvalue weighted by atomic mass is 16.2. The average Bonchev–Trinajstić information content (AvgIpc) is 3.01. The molecule has 1 aliphatic heterocycles. The molecule has 6 nitrogen and oxygen atoms in total. The molecular weight excluding hydrogens is 232 g/mol. The standard InChI is InChI=1S/C12H16N4O2/c1-2-15-7-16(6-10(15)17)12(18)11-8-4-3-5-9(8)13-14-11/h2-7H2,1H3,(H,13,14). The molecule has 1 N–H and O–H groups in total. The van der Waals surface area contributed by atoms with Crippen LogP contribution in [-0.2, 0) is 17.6 Å². The van der Waals surface area contributed by atoms with Crippen molar-refractivity contribution in [3.05, 3.63) is 17.0 Å². The molecule has 2 amide bonds. The zero-order valence-electron chi connectivity index (χ0n) is 10.4. The molecule has 0 aromatic carbocycles. The number of H-pyrrole nitrogens is 1. The Morgan fingerprint density at radius 2 is 2.28 bits per heavy atom. The number of aryl methyl sites for hydroxylation is 1. The highest BCUT2D eigenvalue weighted by Crippen LogP contribution is 2.24. The lowest BCUT2D eigenvalue weighted by atomic mass is 10.2. The second-order valence-corrected chi connectivity index (χ2v) is 4.78. The van der Waals surface area contributed by atoms with Gasteiger partial charge in [0.15, 0.2) is 5.69 Å². The fourth-order valence-electron chi connectivity index (χ4n) is 2.66. The summed E-state index contributed by atoms with van der Waals surface area (Å²) in [5.74, 6) is -0.114. The molecule has 0 bridgehead atoms. The minimum atomic E-state index is -0.126. The smallest absolute Gasteiger partial charge is 0.276 e. The maximum atomic E-state index is 12.3. The second-order valence-electron chi connectivity index (χ2n) is 4.78. The minimum Gasteiger partial charge on any atom is -0.324 e. The molecular formula is C12H16N4O2. The number of carbonyl (C=O) groups excluding carboxylic acids is 2. The number of nitrogens with zero attached hydrogens (tertiary/aromatic N) is 3. The molecule has 0 radical (unpaired) electrons. The van der Waals surface area contributed by atoms with Gasteiger partial charge >= 0.3 is 0 Å². The molecule has 1 saturated heterocycles. The van der Waals surface area contributed by atoms with Crippen LogP contribution in [0, 0.1) is 0 Å². The topological polar surface area (TPSA) is 69.3 Å². The summed E-state index contributed by atoms with van der Waals surface area (Å²) < 4.78 is 0. The Labute approximate surface area is 105 Å². The second kappa shape index (κ2) is 4.12. The van der Waals surface area contributed by atoms with Gasteiger partial charge in [0.2, 0.25) is 5.91 Å². The number of aromatic amines is 1. The summed E-state index contributed by atoms with van der Waals surface area (Å²) in [5, 5.41) is 7.04. The van der Waals surface area contributed by atoms with Gasteiger partial charge in [0.25, 0.3) is 5.91 Å². The number of fused-ring (bicyclic) bond motifs is 1. The van der Waals surface area contributed by atoms with Crippen LogP contribution < -0.4 is 0 Å². The van der Waals surface area contributed by atoms with Gasteiger partial charge < -0.3 is 9.80 Å². The van der Waals surface area contributed by atoms with E-state index in [0.29, 0.717) is 18.9 Å². The van der Waals surface area contributed by atoms with Gasteiger partial charge in [-0.05, 0) is 26.2 Å². The highest BCUT2D eigenvalue weighted by Gasteiger charge is 2.33. The van der Waals surface area contributed by atoms with Crippen molar-refractivity contribution >= 4 is 11.8 Å². The van der Waals surface area contributed by atoms with E-state index in [1.54, 1.807) is 9.80 Å².